The van der Waals surface area contributed by atoms with Crippen molar-refractivity contribution in [3.05, 3.63) is 51.3 Å². The summed E-state index contributed by atoms with van der Waals surface area (Å²) in [7, 11) is 0. The van der Waals surface area contributed by atoms with Crippen LogP contribution in [0.15, 0.2) is 29.1 Å². The normalized spacial score (nSPS) is 10.7. The number of hydrogen-bond acceptors (Lipinski definition) is 3. The van der Waals surface area contributed by atoms with E-state index in [2.05, 4.69) is 38.0 Å². The van der Waals surface area contributed by atoms with E-state index in [1.54, 1.807) is 12.1 Å². The fourth-order valence-electron chi connectivity index (χ4n) is 2.45. The van der Waals surface area contributed by atoms with Crippen molar-refractivity contribution in [2.45, 2.75) is 27.3 Å². The summed E-state index contributed by atoms with van der Waals surface area (Å²) < 4.78 is 1.42. The molecular formula is C15H19N3O. The molecule has 1 aromatic carbocycles. The first-order valence-electron chi connectivity index (χ1n) is 6.39. The smallest absolute Gasteiger partial charge is 0.266 e. The highest BCUT2D eigenvalue weighted by Crippen LogP contribution is 2.25. The summed E-state index contributed by atoms with van der Waals surface area (Å²) in [6.07, 6.45) is 0. The van der Waals surface area contributed by atoms with Crippen LogP contribution in [0.5, 0.6) is 0 Å². The minimum Gasteiger partial charge on any atom is -0.329 e. The van der Waals surface area contributed by atoms with Crippen molar-refractivity contribution in [1.29, 1.82) is 0 Å². The molecule has 0 aliphatic heterocycles. The Morgan fingerprint density at radius 2 is 1.79 bits per heavy atom. The molecule has 0 amide bonds. The minimum absolute atomic E-state index is 0.114. The summed E-state index contributed by atoms with van der Waals surface area (Å²) in [4.78, 5) is 11.7. The molecule has 2 aromatic rings. The van der Waals surface area contributed by atoms with E-state index in [0.717, 1.165) is 11.3 Å². The molecule has 2 N–H and O–H groups in total. The van der Waals surface area contributed by atoms with Crippen molar-refractivity contribution in [1.82, 2.24) is 9.78 Å². The van der Waals surface area contributed by atoms with Crippen LogP contribution in [-0.4, -0.2) is 16.3 Å². The van der Waals surface area contributed by atoms with Crippen LogP contribution in [0.3, 0.4) is 0 Å². The van der Waals surface area contributed by atoms with Gasteiger partial charge in [0.2, 0.25) is 0 Å². The van der Waals surface area contributed by atoms with Gasteiger partial charge in [-0.25, -0.2) is 4.68 Å². The molecule has 0 radical (unpaired) electrons. The second-order valence-corrected chi connectivity index (χ2v) is 4.84. The van der Waals surface area contributed by atoms with Gasteiger partial charge in [0.25, 0.3) is 5.56 Å². The van der Waals surface area contributed by atoms with E-state index in [1.807, 2.05) is 0 Å². The van der Waals surface area contributed by atoms with E-state index in [4.69, 9.17) is 5.73 Å². The molecule has 0 bridgehead atoms. The first-order valence-corrected chi connectivity index (χ1v) is 6.39. The summed E-state index contributed by atoms with van der Waals surface area (Å²) in [5.41, 5.74) is 10.9. The Hall–Kier alpha value is -1.94. The van der Waals surface area contributed by atoms with Crippen LogP contribution in [-0.2, 0) is 6.54 Å². The number of aryl methyl sites for hydroxylation is 3. The van der Waals surface area contributed by atoms with Crippen LogP contribution in [0.1, 0.15) is 16.7 Å². The third kappa shape index (κ3) is 2.74. The molecule has 0 aliphatic rings. The molecule has 0 aliphatic carbocycles. The molecule has 19 heavy (non-hydrogen) atoms. The van der Waals surface area contributed by atoms with Gasteiger partial charge in [0, 0.05) is 18.2 Å². The number of nitrogens with zero attached hydrogens (tertiary/aromatic N) is 2. The van der Waals surface area contributed by atoms with Gasteiger partial charge in [0.1, 0.15) is 0 Å². The van der Waals surface area contributed by atoms with Crippen molar-refractivity contribution < 1.29 is 0 Å². The Balaban J connectivity index is 2.59. The van der Waals surface area contributed by atoms with Crippen molar-refractivity contribution in [3.8, 4) is 11.3 Å². The van der Waals surface area contributed by atoms with Crippen LogP contribution in [0, 0.1) is 20.8 Å². The predicted molar refractivity (Wildman–Crippen MR) is 77.2 cm³/mol. The average Bonchev–Trinajstić information content (AvgIpc) is 2.32. The van der Waals surface area contributed by atoms with Crippen LogP contribution in [0.25, 0.3) is 11.3 Å². The fourth-order valence-corrected chi connectivity index (χ4v) is 2.45. The van der Waals surface area contributed by atoms with Crippen molar-refractivity contribution in [2.75, 3.05) is 6.54 Å². The minimum atomic E-state index is -0.114. The van der Waals surface area contributed by atoms with E-state index in [-0.39, 0.29) is 5.56 Å². The summed E-state index contributed by atoms with van der Waals surface area (Å²) in [6, 6.07) is 7.58. The number of aromatic nitrogens is 2. The largest absolute Gasteiger partial charge is 0.329 e. The van der Waals surface area contributed by atoms with Gasteiger partial charge < -0.3 is 5.73 Å². The van der Waals surface area contributed by atoms with Crippen LogP contribution in [0.4, 0.5) is 0 Å². The summed E-state index contributed by atoms with van der Waals surface area (Å²) >= 11 is 0. The summed E-state index contributed by atoms with van der Waals surface area (Å²) in [5, 5.41) is 4.41. The van der Waals surface area contributed by atoms with Crippen molar-refractivity contribution in [2.24, 2.45) is 5.73 Å². The topological polar surface area (TPSA) is 60.9 Å². The summed E-state index contributed by atoms with van der Waals surface area (Å²) in [5.74, 6) is 0. The molecule has 100 valence electrons. The van der Waals surface area contributed by atoms with Crippen molar-refractivity contribution >= 4 is 0 Å². The molecule has 0 saturated heterocycles. The Morgan fingerprint density at radius 3 is 2.37 bits per heavy atom. The first-order chi connectivity index (χ1) is 9.02. The monoisotopic (exact) mass is 257 g/mol. The van der Waals surface area contributed by atoms with E-state index < -0.39 is 0 Å². The second kappa shape index (κ2) is 5.36. The number of benzene rings is 1. The predicted octanol–water partition coefficient (Wildman–Crippen LogP) is 1.79. The molecule has 0 saturated carbocycles. The molecule has 1 aromatic heterocycles. The quantitative estimate of drug-likeness (QED) is 0.912. The Morgan fingerprint density at radius 1 is 1.16 bits per heavy atom. The highest BCUT2D eigenvalue weighted by molar-refractivity contribution is 5.67. The zero-order valence-electron chi connectivity index (χ0n) is 11.6. The molecule has 0 unspecified atom stereocenters. The van der Waals surface area contributed by atoms with Gasteiger partial charge in [-0.15, -0.1) is 0 Å². The zero-order chi connectivity index (χ0) is 14.0. The van der Waals surface area contributed by atoms with E-state index in [9.17, 15) is 4.79 Å². The maximum atomic E-state index is 11.7. The lowest BCUT2D eigenvalue weighted by Gasteiger charge is -2.12. The highest BCUT2D eigenvalue weighted by Gasteiger charge is 2.09. The van der Waals surface area contributed by atoms with Gasteiger partial charge in [-0.3, -0.25) is 4.79 Å². The maximum absolute atomic E-state index is 11.7. The van der Waals surface area contributed by atoms with Crippen molar-refractivity contribution in [3.63, 3.8) is 0 Å². The summed E-state index contributed by atoms with van der Waals surface area (Å²) in [6.45, 7) is 7.05. The maximum Gasteiger partial charge on any atom is 0.266 e. The van der Waals surface area contributed by atoms with Crippen LogP contribution >= 0.6 is 0 Å². The van der Waals surface area contributed by atoms with Gasteiger partial charge >= 0.3 is 0 Å². The van der Waals surface area contributed by atoms with Gasteiger partial charge in [0.05, 0.1) is 12.2 Å². The average molecular weight is 257 g/mol. The van der Waals surface area contributed by atoms with Crippen LogP contribution in [0.2, 0.25) is 0 Å². The standard InChI is InChI=1S/C15H19N3O/c1-10-8-11(2)15(12(3)9-10)13-4-5-14(19)18(17-13)7-6-16/h4-5,8-9H,6-7,16H2,1-3H3. The number of rotatable bonds is 3. The fraction of sp³-hybridized carbons (Fsp3) is 0.333. The molecule has 2 rings (SSSR count). The third-order valence-electron chi connectivity index (χ3n) is 3.14. The van der Waals surface area contributed by atoms with E-state index in [1.165, 1.54) is 21.4 Å². The van der Waals surface area contributed by atoms with Gasteiger partial charge in [-0.05, 0) is 38.0 Å². The Kier molecular flexibility index (Phi) is 3.81. The number of nitrogens with two attached hydrogens (primary N) is 1. The zero-order valence-corrected chi connectivity index (χ0v) is 11.6. The lowest BCUT2D eigenvalue weighted by Crippen LogP contribution is -2.26. The molecule has 4 nitrogen and oxygen atoms in total. The Bertz CT molecular complexity index is 636. The van der Waals surface area contributed by atoms with Crippen LogP contribution < -0.4 is 11.3 Å². The van der Waals surface area contributed by atoms with E-state index >= 15 is 0 Å². The lowest BCUT2D eigenvalue weighted by molar-refractivity contribution is 0.590. The molecular weight excluding hydrogens is 238 g/mol. The second-order valence-electron chi connectivity index (χ2n) is 4.84. The van der Waals surface area contributed by atoms with Gasteiger partial charge in [-0.2, -0.15) is 5.10 Å². The molecule has 0 atom stereocenters. The SMILES string of the molecule is Cc1cc(C)c(-c2ccc(=O)n(CCN)n2)c(C)c1. The molecule has 0 spiro atoms. The highest BCUT2D eigenvalue weighted by atomic mass is 16.1. The molecule has 0 fully saturated rings. The van der Waals surface area contributed by atoms with Gasteiger partial charge in [-0.1, -0.05) is 17.7 Å². The molecule has 1 heterocycles. The first kappa shape index (κ1) is 13.5. The number of hydrogen-bond donors (Lipinski definition) is 1. The molecule has 4 heteroatoms. The third-order valence-corrected chi connectivity index (χ3v) is 3.14. The van der Waals surface area contributed by atoms with Gasteiger partial charge in [0.15, 0.2) is 0 Å². The lowest BCUT2D eigenvalue weighted by atomic mass is 9.97. The van der Waals surface area contributed by atoms with E-state index in [0.29, 0.717) is 13.1 Å². The Labute approximate surface area is 112 Å².